The van der Waals surface area contributed by atoms with E-state index in [2.05, 4.69) is 6.92 Å². The molecule has 6 nitrogen and oxygen atoms in total. The summed E-state index contributed by atoms with van der Waals surface area (Å²) in [7, 11) is 1.62. The van der Waals surface area contributed by atoms with Gasteiger partial charge in [-0.2, -0.15) is 0 Å². The maximum Gasteiger partial charge on any atom is 0.272 e. The van der Waals surface area contributed by atoms with Gasteiger partial charge in [-0.3, -0.25) is 14.2 Å². The van der Waals surface area contributed by atoms with Crippen molar-refractivity contribution in [2.24, 2.45) is 0 Å². The topological polar surface area (TPSA) is 64.4 Å². The minimum absolute atomic E-state index is 0.0813. The van der Waals surface area contributed by atoms with Gasteiger partial charge in [-0.05, 0) is 43.7 Å². The van der Waals surface area contributed by atoms with E-state index in [1.165, 1.54) is 29.5 Å². The number of fused-ring (bicyclic) bond motifs is 1. The molecule has 3 heterocycles. The minimum atomic E-state index is -0.0813. The molecular formula is C22H25N3O3S2. The Morgan fingerprint density at radius 2 is 2.13 bits per heavy atom. The fraction of sp³-hybridized carbons (Fsp3) is 0.409. The summed E-state index contributed by atoms with van der Waals surface area (Å²) in [6, 6.07) is 9.78. The SMILES string of the molecule is COc1ccccc1Cn1c(SCC(=O)N2CCCC[C@H]2C)nc2ccsc2c1=O. The van der Waals surface area contributed by atoms with Crippen molar-refractivity contribution in [1.82, 2.24) is 14.5 Å². The molecule has 0 unspecified atom stereocenters. The molecule has 2 aromatic heterocycles. The van der Waals surface area contributed by atoms with E-state index in [1.807, 2.05) is 40.6 Å². The van der Waals surface area contributed by atoms with Crippen LogP contribution in [0, 0.1) is 0 Å². The third kappa shape index (κ3) is 4.25. The van der Waals surface area contributed by atoms with Crippen LogP contribution in [0.5, 0.6) is 5.75 Å². The second-order valence-corrected chi connectivity index (χ2v) is 9.31. The van der Waals surface area contributed by atoms with Gasteiger partial charge in [0.05, 0.1) is 24.9 Å². The quantitative estimate of drug-likeness (QED) is 0.425. The number of likely N-dealkylation sites (tertiary alicyclic amines) is 1. The fourth-order valence-corrected chi connectivity index (χ4v) is 5.52. The van der Waals surface area contributed by atoms with Gasteiger partial charge >= 0.3 is 0 Å². The van der Waals surface area contributed by atoms with E-state index < -0.39 is 0 Å². The third-order valence-corrected chi connectivity index (χ3v) is 7.35. The molecule has 158 valence electrons. The first-order chi connectivity index (χ1) is 14.6. The number of ether oxygens (including phenoxy) is 1. The van der Waals surface area contributed by atoms with E-state index in [1.54, 1.807) is 11.7 Å². The van der Waals surface area contributed by atoms with Crippen molar-refractivity contribution in [3.63, 3.8) is 0 Å². The van der Waals surface area contributed by atoms with Crippen molar-refractivity contribution in [3.05, 3.63) is 51.6 Å². The number of hydrogen-bond acceptors (Lipinski definition) is 6. The lowest BCUT2D eigenvalue weighted by molar-refractivity contribution is -0.131. The monoisotopic (exact) mass is 443 g/mol. The number of thioether (sulfide) groups is 1. The molecular weight excluding hydrogens is 418 g/mol. The highest BCUT2D eigenvalue weighted by atomic mass is 32.2. The molecule has 1 amide bonds. The van der Waals surface area contributed by atoms with E-state index >= 15 is 0 Å². The third-order valence-electron chi connectivity index (χ3n) is 5.50. The number of piperidine rings is 1. The Kier molecular flexibility index (Phi) is 6.43. The lowest BCUT2D eigenvalue weighted by atomic mass is 10.0. The van der Waals surface area contributed by atoms with E-state index in [4.69, 9.17) is 9.72 Å². The van der Waals surface area contributed by atoms with Crippen LogP contribution >= 0.6 is 23.1 Å². The largest absolute Gasteiger partial charge is 0.496 e. The molecule has 4 rings (SSSR count). The normalized spacial score (nSPS) is 16.7. The van der Waals surface area contributed by atoms with Crippen LogP contribution in [0.25, 0.3) is 10.2 Å². The molecule has 0 aliphatic carbocycles. The summed E-state index contributed by atoms with van der Waals surface area (Å²) < 4.78 is 7.75. The zero-order valence-electron chi connectivity index (χ0n) is 17.2. The van der Waals surface area contributed by atoms with Crippen LogP contribution in [0.1, 0.15) is 31.7 Å². The van der Waals surface area contributed by atoms with Gasteiger partial charge in [0.25, 0.3) is 5.56 Å². The molecule has 0 spiro atoms. The standard InChI is InChI=1S/C22H25N3O3S2/c1-15-7-5-6-11-24(15)19(26)14-30-22-23-17-10-12-29-20(17)21(27)25(22)13-16-8-3-4-9-18(16)28-2/h3-4,8-10,12,15H,5-7,11,13-14H2,1-2H3/t15-/m1/s1. The van der Waals surface area contributed by atoms with E-state index in [0.29, 0.717) is 21.9 Å². The molecule has 3 aromatic rings. The smallest absolute Gasteiger partial charge is 0.272 e. The Balaban J connectivity index is 1.64. The first-order valence-corrected chi connectivity index (χ1v) is 12.0. The molecule has 1 aromatic carbocycles. The molecule has 1 atom stereocenters. The number of rotatable bonds is 6. The van der Waals surface area contributed by atoms with Crippen molar-refractivity contribution in [3.8, 4) is 5.75 Å². The fourth-order valence-electron chi connectivity index (χ4n) is 3.85. The van der Waals surface area contributed by atoms with Crippen molar-refractivity contribution >= 4 is 39.2 Å². The Labute approximate surface area is 183 Å². The van der Waals surface area contributed by atoms with Crippen LogP contribution in [0.3, 0.4) is 0 Å². The predicted molar refractivity (Wildman–Crippen MR) is 122 cm³/mol. The van der Waals surface area contributed by atoms with E-state index in [-0.39, 0.29) is 23.3 Å². The first kappa shape index (κ1) is 20.9. The van der Waals surface area contributed by atoms with Crippen LogP contribution in [-0.2, 0) is 11.3 Å². The maximum absolute atomic E-state index is 13.2. The van der Waals surface area contributed by atoms with Gasteiger partial charge in [0, 0.05) is 18.2 Å². The number of methoxy groups -OCH3 is 1. The van der Waals surface area contributed by atoms with Crippen LogP contribution in [-0.4, -0.2) is 45.8 Å². The van der Waals surface area contributed by atoms with Crippen molar-refractivity contribution < 1.29 is 9.53 Å². The highest BCUT2D eigenvalue weighted by molar-refractivity contribution is 7.99. The minimum Gasteiger partial charge on any atom is -0.496 e. The molecule has 0 bridgehead atoms. The molecule has 30 heavy (non-hydrogen) atoms. The average Bonchev–Trinajstić information content (AvgIpc) is 3.24. The molecule has 0 radical (unpaired) electrons. The Morgan fingerprint density at radius 3 is 2.93 bits per heavy atom. The highest BCUT2D eigenvalue weighted by Gasteiger charge is 2.24. The second-order valence-electron chi connectivity index (χ2n) is 7.45. The number of benzene rings is 1. The Bertz CT molecular complexity index is 1110. The number of carbonyl (C=O) groups excluding carboxylic acids is 1. The zero-order valence-corrected chi connectivity index (χ0v) is 18.8. The predicted octanol–water partition coefficient (Wildman–Crippen LogP) is 4.01. The van der Waals surface area contributed by atoms with Crippen molar-refractivity contribution in [2.75, 3.05) is 19.4 Å². The Hall–Kier alpha value is -2.32. The molecule has 1 fully saturated rings. The van der Waals surface area contributed by atoms with Gasteiger partial charge in [0.15, 0.2) is 5.16 Å². The van der Waals surface area contributed by atoms with Gasteiger partial charge in [0.2, 0.25) is 5.91 Å². The zero-order chi connectivity index (χ0) is 21.1. The first-order valence-electron chi connectivity index (χ1n) is 10.1. The van der Waals surface area contributed by atoms with Crippen LogP contribution in [0.4, 0.5) is 0 Å². The van der Waals surface area contributed by atoms with E-state index in [9.17, 15) is 9.59 Å². The molecule has 8 heteroatoms. The van der Waals surface area contributed by atoms with Gasteiger partial charge in [-0.1, -0.05) is 30.0 Å². The van der Waals surface area contributed by atoms with Gasteiger partial charge in [-0.25, -0.2) is 4.98 Å². The number of carbonyl (C=O) groups is 1. The lowest BCUT2D eigenvalue weighted by Crippen LogP contribution is -2.43. The number of hydrogen-bond donors (Lipinski definition) is 0. The molecule has 0 N–H and O–H groups in total. The highest BCUT2D eigenvalue weighted by Crippen LogP contribution is 2.25. The number of thiophene rings is 1. The Morgan fingerprint density at radius 1 is 1.30 bits per heavy atom. The van der Waals surface area contributed by atoms with Crippen molar-refractivity contribution in [1.29, 1.82) is 0 Å². The van der Waals surface area contributed by atoms with Crippen LogP contribution < -0.4 is 10.3 Å². The number of para-hydroxylation sites is 1. The summed E-state index contributed by atoms with van der Waals surface area (Å²) in [6.07, 6.45) is 3.28. The summed E-state index contributed by atoms with van der Waals surface area (Å²) in [4.78, 5) is 32.7. The van der Waals surface area contributed by atoms with Gasteiger partial charge in [-0.15, -0.1) is 11.3 Å². The summed E-state index contributed by atoms with van der Waals surface area (Å²) in [5.41, 5.74) is 1.50. The summed E-state index contributed by atoms with van der Waals surface area (Å²) in [5, 5.41) is 2.44. The number of nitrogens with zero attached hydrogens (tertiary/aromatic N) is 3. The molecule has 1 aliphatic heterocycles. The second kappa shape index (κ2) is 9.22. The van der Waals surface area contributed by atoms with Crippen LogP contribution in [0.2, 0.25) is 0 Å². The number of aromatic nitrogens is 2. The molecule has 1 saturated heterocycles. The van der Waals surface area contributed by atoms with Gasteiger partial charge < -0.3 is 9.64 Å². The van der Waals surface area contributed by atoms with Crippen molar-refractivity contribution in [2.45, 2.75) is 43.9 Å². The summed E-state index contributed by atoms with van der Waals surface area (Å²) in [5.74, 6) is 1.11. The van der Waals surface area contributed by atoms with E-state index in [0.717, 1.165) is 30.7 Å². The summed E-state index contributed by atoms with van der Waals surface area (Å²) >= 11 is 2.73. The maximum atomic E-state index is 13.2. The molecule has 1 aliphatic rings. The van der Waals surface area contributed by atoms with Crippen LogP contribution in [0.15, 0.2) is 45.7 Å². The average molecular weight is 444 g/mol. The molecule has 0 saturated carbocycles. The number of amides is 1. The van der Waals surface area contributed by atoms with Gasteiger partial charge in [0.1, 0.15) is 10.4 Å². The lowest BCUT2D eigenvalue weighted by Gasteiger charge is -2.33. The summed E-state index contributed by atoms with van der Waals surface area (Å²) in [6.45, 7) is 3.26.